The van der Waals surface area contributed by atoms with Gasteiger partial charge in [-0.25, -0.2) is 13.5 Å². The van der Waals surface area contributed by atoms with Crippen LogP contribution >= 0.6 is 23.2 Å². The Balaban J connectivity index is 1.82. The number of aldehydes is 1. The lowest BCUT2D eigenvalue weighted by molar-refractivity contribution is -0.109. The van der Waals surface area contributed by atoms with Gasteiger partial charge in [-0.15, -0.1) is 0 Å². The molecule has 30 heavy (non-hydrogen) atoms. The molecular formula is C20H14Cl2F2N4O2. The molecule has 10 heteroatoms. The van der Waals surface area contributed by atoms with E-state index in [0.29, 0.717) is 16.9 Å². The summed E-state index contributed by atoms with van der Waals surface area (Å²) >= 11 is 11.9. The molecule has 2 aromatic carbocycles. The highest BCUT2D eigenvalue weighted by Crippen LogP contribution is 2.29. The Morgan fingerprint density at radius 1 is 1.17 bits per heavy atom. The summed E-state index contributed by atoms with van der Waals surface area (Å²) < 4.78 is 28.9. The van der Waals surface area contributed by atoms with E-state index in [2.05, 4.69) is 10.4 Å². The zero-order valence-electron chi connectivity index (χ0n) is 15.3. The molecule has 0 saturated carbocycles. The smallest absolute Gasteiger partial charge is 0.275 e. The first-order valence-electron chi connectivity index (χ1n) is 8.85. The van der Waals surface area contributed by atoms with Crippen molar-refractivity contribution in [2.75, 3.05) is 13.2 Å². The standard InChI is InChI=1S/C20H14Cl2F2N4O2/c21-12-3-11(4-13(23)5-12)19-7-18(20(30)27-8-14(9-29)25-10-27)26-28(19)15-1-2-17(24)16(22)6-15/h1-7,9,14,25H,8,10H2. The van der Waals surface area contributed by atoms with Crippen molar-refractivity contribution in [3.63, 3.8) is 0 Å². The Kier molecular flexibility index (Phi) is 5.55. The van der Waals surface area contributed by atoms with Gasteiger partial charge in [-0.1, -0.05) is 23.2 Å². The minimum atomic E-state index is -0.609. The molecule has 1 aliphatic rings. The SMILES string of the molecule is O=CC1CN(C(=O)c2cc(-c3cc(F)cc(Cl)c3)n(-c3ccc(F)c(Cl)c3)n2)CN1. The van der Waals surface area contributed by atoms with Crippen LogP contribution in [0.2, 0.25) is 10.0 Å². The van der Waals surface area contributed by atoms with Crippen molar-refractivity contribution in [3.05, 3.63) is 69.8 Å². The minimum Gasteiger partial charge on any atom is -0.322 e. The molecule has 1 saturated heterocycles. The zero-order valence-corrected chi connectivity index (χ0v) is 16.8. The molecule has 0 radical (unpaired) electrons. The number of hydrogen-bond acceptors (Lipinski definition) is 4. The number of halogens is 4. The molecule has 1 amide bonds. The van der Waals surface area contributed by atoms with E-state index in [1.807, 2.05) is 0 Å². The van der Waals surface area contributed by atoms with Gasteiger partial charge in [-0.05, 0) is 42.5 Å². The molecule has 2 heterocycles. The summed E-state index contributed by atoms with van der Waals surface area (Å²) in [5.74, 6) is -1.59. The van der Waals surface area contributed by atoms with E-state index in [-0.39, 0.29) is 29.0 Å². The van der Waals surface area contributed by atoms with Crippen LogP contribution in [-0.4, -0.2) is 46.1 Å². The molecule has 154 valence electrons. The molecular weight excluding hydrogens is 437 g/mol. The first-order valence-corrected chi connectivity index (χ1v) is 9.61. The van der Waals surface area contributed by atoms with E-state index in [1.54, 1.807) is 0 Å². The van der Waals surface area contributed by atoms with Gasteiger partial charge in [0.2, 0.25) is 0 Å². The zero-order chi connectivity index (χ0) is 21.4. The Bertz CT molecular complexity index is 1130. The number of benzene rings is 2. The molecule has 0 spiro atoms. The second-order valence-electron chi connectivity index (χ2n) is 6.72. The van der Waals surface area contributed by atoms with Gasteiger partial charge >= 0.3 is 0 Å². The molecule has 1 unspecified atom stereocenters. The fourth-order valence-electron chi connectivity index (χ4n) is 3.21. The fourth-order valence-corrected chi connectivity index (χ4v) is 3.60. The summed E-state index contributed by atoms with van der Waals surface area (Å²) in [6.45, 7) is 0.400. The number of carbonyl (C=O) groups excluding carboxylic acids is 2. The Labute approximate surface area is 180 Å². The third-order valence-electron chi connectivity index (χ3n) is 4.65. The highest BCUT2D eigenvalue weighted by Gasteiger charge is 2.28. The summed E-state index contributed by atoms with van der Waals surface area (Å²) in [7, 11) is 0. The number of rotatable bonds is 4. The molecule has 1 atom stereocenters. The highest BCUT2D eigenvalue weighted by molar-refractivity contribution is 6.31. The van der Waals surface area contributed by atoms with Crippen molar-refractivity contribution >= 4 is 35.4 Å². The topological polar surface area (TPSA) is 67.2 Å². The molecule has 1 N–H and O–H groups in total. The predicted octanol–water partition coefficient (Wildman–Crippen LogP) is 3.69. The fraction of sp³-hybridized carbons (Fsp3) is 0.150. The van der Waals surface area contributed by atoms with Crippen LogP contribution in [0.4, 0.5) is 8.78 Å². The molecule has 1 aromatic heterocycles. The normalized spacial score (nSPS) is 16.1. The van der Waals surface area contributed by atoms with Gasteiger partial charge in [-0.3, -0.25) is 10.1 Å². The summed E-state index contributed by atoms with van der Waals surface area (Å²) in [4.78, 5) is 25.3. The number of nitrogens with one attached hydrogen (secondary N) is 1. The van der Waals surface area contributed by atoms with Crippen molar-refractivity contribution < 1.29 is 18.4 Å². The van der Waals surface area contributed by atoms with E-state index in [9.17, 15) is 18.4 Å². The van der Waals surface area contributed by atoms with Crippen molar-refractivity contribution in [2.24, 2.45) is 0 Å². The number of hydrogen-bond donors (Lipinski definition) is 1. The lowest BCUT2D eigenvalue weighted by atomic mass is 10.1. The van der Waals surface area contributed by atoms with Crippen molar-refractivity contribution in [3.8, 4) is 16.9 Å². The van der Waals surface area contributed by atoms with Crippen LogP contribution < -0.4 is 5.32 Å². The van der Waals surface area contributed by atoms with E-state index >= 15 is 0 Å². The maximum Gasteiger partial charge on any atom is 0.275 e. The van der Waals surface area contributed by atoms with Crippen LogP contribution in [0.15, 0.2) is 42.5 Å². The Morgan fingerprint density at radius 3 is 2.63 bits per heavy atom. The monoisotopic (exact) mass is 450 g/mol. The van der Waals surface area contributed by atoms with Gasteiger partial charge in [0, 0.05) is 17.1 Å². The Hall–Kier alpha value is -2.81. The van der Waals surface area contributed by atoms with Gasteiger partial charge < -0.3 is 9.69 Å². The second kappa shape index (κ2) is 8.14. The minimum absolute atomic E-state index is 0.0687. The third-order valence-corrected chi connectivity index (χ3v) is 5.16. The van der Waals surface area contributed by atoms with Crippen LogP contribution in [0.5, 0.6) is 0 Å². The van der Waals surface area contributed by atoms with Gasteiger partial charge in [0.25, 0.3) is 5.91 Å². The number of nitrogens with zero attached hydrogens (tertiary/aromatic N) is 3. The maximum absolute atomic E-state index is 14.0. The molecule has 6 nitrogen and oxygen atoms in total. The first kappa shape index (κ1) is 20.5. The van der Waals surface area contributed by atoms with Crippen LogP contribution in [0, 0.1) is 11.6 Å². The van der Waals surface area contributed by atoms with Crippen molar-refractivity contribution in [1.29, 1.82) is 0 Å². The van der Waals surface area contributed by atoms with Crippen molar-refractivity contribution in [2.45, 2.75) is 6.04 Å². The van der Waals surface area contributed by atoms with E-state index < -0.39 is 23.6 Å². The van der Waals surface area contributed by atoms with Gasteiger partial charge in [0.1, 0.15) is 17.9 Å². The Morgan fingerprint density at radius 2 is 1.97 bits per heavy atom. The average Bonchev–Trinajstić information content (AvgIpc) is 3.36. The summed E-state index contributed by atoms with van der Waals surface area (Å²) in [5, 5.41) is 7.28. The lowest BCUT2D eigenvalue weighted by Gasteiger charge is -2.12. The van der Waals surface area contributed by atoms with Crippen LogP contribution in [-0.2, 0) is 4.79 Å². The molecule has 1 fully saturated rings. The number of aromatic nitrogens is 2. The summed E-state index contributed by atoms with van der Waals surface area (Å²) in [6.07, 6.45) is 0.729. The van der Waals surface area contributed by atoms with Crippen molar-refractivity contribution in [1.82, 2.24) is 20.0 Å². The number of amides is 1. The predicted molar refractivity (Wildman–Crippen MR) is 108 cm³/mol. The highest BCUT2D eigenvalue weighted by atomic mass is 35.5. The molecule has 3 aromatic rings. The molecule has 0 bridgehead atoms. The number of carbonyl (C=O) groups is 2. The molecule has 4 rings (SSSR count). The van der Waals surface area contributed by atoms with Crippen LogP contribution in [0.1, 0.15) is 10.5 Å². The van der Waals surface area contributed by atoms with E-state index in [1.165, 1.54) is 46.0 Å². The van der Waals surface area contributed by atoms with Gasteiger partial charge in [-0.2, -0.15) is 5.10 Å². The first-order chi connectivity index (χ1) is 14.4. The van der Waals surface area contributed by atoms with Crippen LogP contribution in [0.25, 0.3) is 16.9 Å². The average molecular weight is 451 g/mol. The van der Waals surface area contributed by atoms with E-state index in [0.717, 1.165) is 12.4 Å². The largest absolute Gasteiger partial charge is 0.322 e. The summed E-state index contributed by atoms with van der Waals surface area (Å²) in [5.41, 5.74) is 1.18. The molecule has 1 aliphatic heterocycles. The molecule has 0 aliphatic carbocycles. The van der Waals surface area contributed by atoms with Gasteiger partial charge in [0.15, 0.2) is 5.69 Å². The lowest BCUT2D eigenvalue weighted by Crippen LogP contribution is -2.30. The van der Waals surface area contributed by atoms with Crippen LogP contribution in [0.3, 0.4) is 0 Å². The van der Waals surface area contributed by atoms with Gasteiger partial charge in [0.05, 0.1) is 29.1 Å². The quantitative estimate of drug-likeness (QED) is 0.615. The maximum atomic E-state index is 14.0. The second-order valence-corrected chi connectivity index (χ2v) is 7.56. The third kappa shape index (κ3) is 3.94. The summed E-state index contributed by atoms with van der Waals surface area (Å²) in [6, 6.07) is 8.92. The van der Waals surface area contributed by atoms with E-state index in [4.69, 9.17) is 23.2 Å².